The Morgan fingerprint density at radius 3 is 2.40 bits per heavy atom. The molecule has 2 N–H and O–H groups in total. The number of likely N-dealkylation sites (tertiary alicyclic amines) is 1. The lowest BCUT2D eigenvalue weighted by Crippen LogP contribution is -2.44. The number of nitrogens with one attached hydrogen (secondary N) is 2. The van der Waals surface area contributed by atoms with Crippen molar-refractivity contribution < 1.29 is 14.3 Å². The third-order valence-corrected chi connectivity index (χ3v) is 8.34. The number of amides is 3. The van der Waals surface area contributed by atoms with Crippen molar-refractivity contribution in [2.75, 3.05) is 37.5 Å². The molecular weight excluding hydrogens is 524 g/mol. The Bertz CT molecular complexity index is 1600. The average Bonchev–Trinajstić information content (AvgIpc) is 3.39. The van der Waals surface area contributed by atoms with Crippen LogP contribution in [-0.2, 0) is 13.0 Å². The zero-order chi connectivity index (χ0) is 29.1. The van der Waals surface area contributed by atoms with E-state index in [9.17, 15) is 9.59 Å². The van der Waals surface area contributed by atoms with Crippen LogP contribution in [-0.4, -0.2) is 50.1 Å². The summed E-state index contributed by atoms with van der Waals surface area (Å²) in [5.74, 6) is 0.271. The number of urea groups is 1. The van der Waals surface area contributed by atoms with Crippen molar-refractivity contribution >= 4 is 23.3 Å². The Morgan fingerprint density at radius 1 is 0.881 bits per heavy atom. The molecule has 1 heterocycles. The molecule has 2 aliphatic rings. The summed E-state index contributed by atoms with van der Waals surface area (Å²) >= 11 is 0. The lowest BCUT2D eigenvalue weighted by atomic mass is 10.0. The Kier molecular flexibility index (Phi) is 7.93. The van der Waals surface area contributed by atoms with Crippen LogP contribution in [0.15, 0.2) is 91.0 Å². The molecule has 1 aliphatic heterocycles. The molecule has 0 saturated carbocycles. The number of carbonyl (C=O) groups excluding carboxylic acids is 2. The number of methoxy groups -OCH3 is 1. The van der Waals surface area contributed by atoms with Crippen molar-refractivity contribution in [3.8, 4) is 16.9 Å². The Morgan fingerprint density at radius 2 is 1.62 bits per heavy atom. The van der Waals surface area contributed by atoms with Crippen molar-refractivity contribution in [1.29, 1.82) is 0 Å². The van der Waals surface area contributed by atoms with Crippen LogP contribution >= 0.6 is 0 Å². The number of hydrogen-bond donors (Lipinski definition) is 2. The van der Waals surface area contributed by atoms with E-state index in [1.165, 1.54) is 32.7 Å². The van der Waals surface area contributed by atoms with E-state index < -0.39 is 0 Å². The van der Waals surface area contributed by atoms with Crippen LogP contribution in [0.4, 0.5) is 16.2 Å². The highest BCUT2D eigenvalue weighted by Gasteiger charge is 2.24. The summed E-state index contributed by atoms with van der Waals surface area (Å²) in [4.78, 5) is 30.3. The number of benzene rings is 4. The highest BCUT2D eigenvalue weighted by molar-refractivity contribution is 6.03. The smallest absolute Gasteiger partial charge is 0.326 e. The lowest BCUT2D eigenvalue weighted by molar-refractivity contribution is 0.0906. The van der Waals surface area contributed by atoms with Crippen LogP contribution < -0.4 is 20.3 Å². The van der Waals surface area contributed by atoms with Gasteiger partial charge in [0.2, 0.25) is 0 Å². The monoisotopic (exact) mass is 560 g/mol. The fourth-order valence-corrected chi connectivity index (χ4v) is 5.96. The third kappa shape index (κ3) is 5.87. The number of piperidine rings is 1. The van der Waals surface area contributed by atoms with Gasteiger partial charge < -0.3 is 15.4 Å². The summed E-state index contributed by atoms with van der Waals surface area (Å²) in [6.45, 7) is 2.80. The van der Waals surface area contributed by atoms with Crippen LogP contribution in [0.25, 0.3) is 11.1 Å². The topological polar surface area (TPSA) is 73.9 Å². The van der Waals surface area contributed by atoms with Crippen molar-refractivity contribution in [3.05, 3.63) is 113 Å². The van der Waals surface area contributed by atoms with Crippen LogP contribution in [0.5, 0.6) is 5.75 Å². The first-order valence-electron chi connectivity index (χ1n) is 14.5. The molecule has 7 nitrogen and oxygen atoms in total. The maximum Gasteiger partial charge on any atom is 0.326 e. The summed E-state index contributed by atoms with van der Waals surface area (Å²) < 4.78 is 5.58. The summed E-state index contributed by atoms with van der Waals surface area (Å²) in [6.07, 6.45) is 2.66. The summed E-state index contributed by atoms with van der Waals surface area (Å²) in [5, 5.41) is 6.19. The van der Waals surface area contributed by atoms with Crippen molar-refractivity contribution in [1.82, 2.24) is 10.2 Å². The molecule has 1 saturated heterocycles. The van der Waals surface area contributed by atoms with Gasteiger partial charge in [0, 0.05) is 50.2 Å². The van der Waals surface area contributed by atoms with E-state index >= 15 is 0 Å². The first-order valence-corrected chi connectivity index (χ1v) is 14.5. The van der Waals surface area contributed by atoms with Gasteiger partial charge in [0.25, 0.3) is 5.91 Å². The molecule has 0 atom stereocenters. The highest BCUT2D eigenvalue weighted by atomic mass is 16.5. The molecule has 214 valence electrons. The highest BCUT2D eigenvalue weighted by Crippen LogP contribution is 2.37. The first-order chi connectivity index (χ1) is 20.5. The number of ether oxygens (including phenoxy) is 1. The van der Waals surface area contributed by atoms with Gasteiger partial charge in [0.15, 0.2) is 0 Å². The lowest BCUT2D eigenvalue weighted by Gasteiger charge is -2.32. The molecule has 0 aromatic heterocycles. The molecule has 3 amide bonds. The Balaban J connectivity index is 1.06. The Labute approximate surface area is 247 Å². The quantitative estimate of drug-likeness (QED) is 0.244. The molecular formula is C35H36N4O3. The zero-order valence-electron chi connectivity index (χ0n) is 24.1. The number of anilines is 2. The van der Waals surface area contributed by atoms with Crippen LogP contribution in [0.2, 0.25) is 0 Å². The van der Waals surface area contributed by atoms with Gasteiger partial charge in [-0.1, -0.05) is 60.7 Å². The van der Waals surface area contributed by atoms with Gasteiger partial charge in [0.05, 0.1) is 12.7 Å². The van der Waals surface area contributed by atoms with E-state index in [0.717, 1.165) is 44.6 Å². The van der Waals surface area contributed by atoms with E-state index in [0.29, 0.717) is 17.0 Å². The maximum absolute atomic E-state index is 13.2. The van der Waals surface area contributed by atoms with Crippen LogP contribution in [0.1, 0.15) is 39.9 Å². The van der Waals surface area contributed by atoms with E-state index in [-0.39, 0.29) is 18.0 Å². The van der Waals surface area contributed by atoms with Crippen molar-refractivity contribution in [2.24, 2.45) is 0 Å². The number of hydrogen-bond acceptors (Lipinski definition) is 4. The van der Waals surface area contributed by atoms with Gasteiger partial charge in [0.1, 0.15) is 5.75 Å². The second-order valence-corrected chi connectivity index (χ2v) is 11.1. The van der Waals surface area contributed by atoms with E-state index in [2.05, 4.69) is 70.1 Å². The minimum atomic E-state index is -0.271. The summed E-state index contributed by atoms with van der Waals surface area (Å²) in [7, 11) is 3.25. The predicted molar refractivity (Wildman–Crippen MR) is 167 cm³/mol. The van der Waals surface area contributed by atoms with Crippen LogP contribution in [0.3, 0.4) is 0 Å². The molecule has 4 aromatic rings. The second kappa shape index (κ2) is 12.1. The maximum atomic E-state index is 13.2. The molecule has 0 spiro atoms. The molecule has 0 bridgehead atoms. The number of fused-ring (bicyclic) bond motifs is 3. The van der Waals surface area contributed by atoms with Gasteiger partial charge in [-0.3, -0.25) is 14.6 Å². The standard InChI is InChI=1S/C35H36N4O3/c1-38(35(41)37-28-12-14-31-26(21-28)20-25-10-6-7-11-30(25)31)29-13-15-32(33(22-29)42-2)34(40)36-27-16-18-39(19-17-27)23-24-8-4-3-5-9-24/h3-15,21-22,27H,16-20,23H2,1-2H3,(H,36,40)(H,37,41). The third-order valence-electron chi connectivity index (χ3n) is 8.34. The zero-order valence-corrected chi connectivity index (χ0v) is 24.1. The van der Waals surface area contributed by atoms with Gasteiger partial charge >= 0.3 is 6.03 Å². The molecule has 1 fully saturated rings. The van der Waals surface area contributed by atoms with Gasteiger partial charge in [-0.05, 0) is 71.3 Å². The summed E-state index contributed by atoms with van der Waals surface area (Å²) in [5.41, 5.74) is 8.12. The van der Waals surface area contributed by atoms with E-state index in [1.807, 2.05) is 18.2 Å². The van der Waals surface area contributed by atoms with Gasteiger partial charge in [-0.2, -0.15) is 0 Å². The molecule has 7 heteroatoms. The Hall–Kier alpha value is -4.62. The average molecular weight is 561 g/mol. The van der Waals surface area contributed by atoms with Crippen LogP contribution in [0, 0.1) is 0 Å². The molecule has 0 unspecified atom stereocenters. The normalized spacial score (nSPS) is 14.5. The fourth-order valence-electron chi connectivity index (χ4n) is 5.96. The molecule has 0 radical (unpaired) electrons. The largest absolute Gasteiger partial charge is 0.496 e. The molecule has 1 aliphatic carbocycles. The first kappa shape index (κ1) is 27.5. The SMILES string of the molecule is COc1cc(N(C)C(=O)Nc2ccc3c(c2)Cc2ccccc2-3)ccc1C(=O)NC1CCN(Cc2ccccc2)CC1. The van der Waals surface area contributed by atoms with Crippen molar-refractivity contribution in [3.63, 3.8) is 0 Å². The molecule has 6 rings (SSSR count). The molecule has 42 heavy (non-hydrogen) atoms. The fraction of sp³-hybridized carbons (Fsp3) is 0.257. The number of carbonyl (C=O) groups is 2. The number of nitrogens with zero attached hydrogens (tertiary/aromatic N) is 2. The predicted octanol–water partition coefficient (Wildman–Crippen LogP) is 6.33. The van der Waals surface area contributed by atoms with E-state index in [4.69, 9.17) is 4.74 Å². The number of rotatable bonds is 7. The van der Waals surface area contributed by atoms with Crippen molar-refractivity contribution in [2.45, 2.75) is 31.8 Å². The molecule has 4 aromatic carbocycles. The van der Waals surface area contributed by atoms with Gasteiger partial charge in [-0.25, -0.2) is 4.79 Å². The van der Waals surface area contributed by atoms with E-state index in [1.54, 1.807) is 32.4 Å². The second-order valence-electron chi connectivity index (χ2n) is 11.1. The van der Waals surface area contributed by atoms with Gasteiger partial charge in [-0.15, -0.1) is 0 Å². The minimum absolute atomic E-state index is 0.113. The summed E-state index contributed by atoms with van der Waals surface area (Å²) in [6, 6.07) is 30.0. The minimum Gasteiger partial charge on any atom is -0.496 e.